The van der Waals surface area contributed by atoms with Gasteiger partial charge < -0.3 is 20.1 Å². The molecular weight excluding hydrogens is 344 g/mol. The van der Waals surface area contributed by atoms with E-state index in [1.54, 1.807) is 18.2 Å². The van der Waals surface area contributed by atoms with Crippen LogP contribution in [-0.2, 0) is 0 Å². The Labute approximate surface area is 156 Å². The predicted octanol–water partition coefficient (Wildman–Crippen LogP) is 3.82. The van der Waals surface area contributed by atoms with Crippen molar-refractivity contribution in [2.45, 2.75) is 13.8 Å². The van der Waals surface area contributed by atoms with Crippen LogP contribution in [0, 0.1) is 13.8 Å². The summed E-state index contributed by atoms with van der Waals surface area (Å²) in [5, 5.41) is 6.00. The molecule has 3 aromatic rings. The number of aromatic nitrogens is 2. The van der Waals surface area contributed by atoms with Crippen molar-refractivity contribution < 1.29 is 14.3 Å². The molecule has 0 saturated carbocycles. The molecule has 0 radical (unpaired) electrons. The van der Waals surface area contributed by atoms with Gasteiger partial charge in [0.1, 0.15) is 11.5 Å². The summed E-state index contributed by atoms with van der Waals surface area (Å²) in [7, 11) is 0. The Morgan fingerprint density at radius 3 is 2.67 bits per heavy atom. The second-order valence-electron chi connectivity index (χ2n) is 6.25. The number of carbonyl (C=O) groups is 1. The summed E-state index contributed by atoms with van der Waals surface area (Å²) in [6.07, 6.45) is 2.98. The van der Waals surface area contributed by atoms with E-state index in [-0.39, 0.29) is 18.4 Å². The highest BCUT2D eigenvalue weighted by Crippen LogP contribution is 2.34. The van der Waals surface area contributed by atoms with E-state index in [1.807, 2.05) is 26.0 Å². The normalized spacial score (nSPS) is 11.9. The Morgan fingerprint density at radius 2 is 1.85 bits per heavy atom. The summed E-state index contributed by atoms with van der Waals surface area (Å²) < 4.78 is 10.6. The fourth-order valence-corrected chi connectivity index (χ4v) is 2.69. The second kappa shape index (κ2) is 6.95. The van der Waals surface area contributed by atoms with Crippen molar-refractivity contribution in [3.05, 3.63) is 65.6 Å². The fourth-order valence-electron chi connectivity index (χ4n) is 2.69. The Bertz CT molecular complexity index is 1000. The number of nitrogens with one attached hydrogen (secondary N) is 2. The first-order chi connectivity index (χ1) is 13.1. The molecule has 136 valence electrons. The lowest BCUT2D eigenvalue weighted by molar-refractivity contribution is 0.102. The molecule has 2 heterocycles. The largest absolute Gasteiger partial charge is 0.454 e. The van der Waals surface area contributed by atoms with Crippen molar-refractivity contribution in [3.63, 3.8) is 0 Å². The van der Waals surface area contributed by atoms with Gasteiger partial charge in [-0.05, 0) is 43.2 Å². The van der Waals surface area contributed by atoms with Gasteiger partial charge in [0.2, 0.25) is 6.79 Å². The molecular formula is C20H18N4O3. The zero-order valence-electron chi connectivity index (χ0n) is 14.9. The van der Waals surface area contributed by atoms with Crippen molar-refractivity contribution in [1.82, 2.24) is 9.97 Å². The topological polar surface area (TPSA) is 85.4 Å². The highest BCUT2D eigenvalue weighted by Gasteiger charge is 2.15. The first kappa shape index (κ1) is 16.8. The molecule has 7 heteroatoms. The number of hydrogen-bond acceptors (Lipinski definition) is 6. The van der Waals surface area contributed by atoms with Gasteiger partial charge in [-0.2, -0.15) is 0 Å². The highest BCUT2D eigenvalue weighted by atomic mass is 16.7. The van der Waals surface area contributed by atoms with Crippen molar-refractivity contribution >= 4 is 23.1 Å². The van der Waals surface area contributed by atoms with Crippen LogP contribution >= 0.6 is 0 Å². The summed E-state index contributed by atoms with van der Waals surface area (Å²) in [6, 6.07) is 11.3. The van der Waals surface area contributed by atoms with Gasteiger partial charge in [-0.15, -0.1) is 0 Å². The molecule has 0 saturated heterocycles. The maximum absolute atomic E-state index is 12.4. The van der Waals surface area contributed by atoms with Gasteiger partial charge in [0, 0.05) is 17.4 Å². The van der Waals surface area contributed by atoms with E-state index in [0.29, 0.717) is 23.0 Å². The van der Waals surface area contributed by atoms with Gasteiger partial charge in [0.15, 0.2) is 11.5 Å². The summed E-state index contributed by atoms with van der Waals surface area (Å²) in [6.45, 7) is 4.23. The standard InChI is InChI=1S/C20H18N4O3/c1-12-3-4-13(2)15(7-12)24-19-10-21-16(9-22-19)20(25)23-14-5-6-17-18(8-14)27-11-26-17/h3-10H,11H2,1-2H3,(H,22,24)(H,23,25). The smallest absolute Gasteiger partial charge is 0.275 e. The molecule has 0 unspecified atom stereocenters. The van der Waals surface area contributed by atoms with E-state index in [4.69, 9.17) is 9.47 Å². The van der Waals surface area contributed by atoms with Crippen molar-refractivity contribution in [2.24, 2.45) is 0 Å². The van der Waals surface area contributed by atoms with E-state index < -0.39 is 0 Å². The SMILES string of the molecule is Cc1ccc(C)c(Nc2cnc(C(=O)Nc3ccc4c(c3)OCO4)cn2)c1. The Kier molecular flexibility index (Phi) is 4.33. The van der Waals surface area contributed by atoms with Gasteiger partial charge in [-0.3, -0.25) is 4.79 Å². The number of hydrogen-bond donors (Lipinski definition) is 2. The summed E-state index contributed by atoms with van der Waals surface area (Å²) in [4.78, 5) is 20.9. The first-order valence-corrected chi connectivity index (χ1v) is 8.46. The lowest BCUT2D eigenvalue weighted by Gasteiger charge is -2.10. The third-order valence-corrected chi connectivity index (χ3v) is 4.17. The minimum atomic E-state index is -0.348. The molecule has 0 bridgehead atoms. The predicted molar refractivity (Wildman–Crippen MR) is 102 cm³/mol. The molecule has 4 rings (SSSR count). The number of rotatable bonds is 4. The quantitative estimate of drug-likeness (QED) is 0.734. The monoisotopic (exact) mass is 362 g/mol. The van der Waals surface area contributed by atoms with Gasteiger partial charge in [-0.1, -0.05) is 12.1 Å². The van der Waals surface area contributed by atoms with Crippen LogP contribution < -0.4 is 20.1 Å². The second-order valence-corrected chi connectivity index (χ2v) is 6.25. The molecule has 27 heavy (non-hydrogen) atoms. The maximum Gasteiger partial charge on any atom is 0.275 e. The minimum absolute atomic E-state index is 0.188. The number of amides is 1. The zero-order valence-corrected chi connectivity index (χ0v) is 14.9. The third-order valence-electron chi connectivity index (χ3n) is 4.17. The van der Waals surface area contributed by atoms with Crippen LogP contribution in [0.3, 0.4) is 0 Å². The van der Waals surface area contributed by atoms with Crippen LogP contribution in [0.1, 0.15) is 21.6 Å². The highest BCUT2D eigenvalue weighted by molar-refractivity contribution is 6.02. The number of fused-ring (bicyclic) bond motifs is 1. The third kappa shape index (κ3) is 3.67. The Hall–Kier alpha value is -3.61. The van der Waals surface area contributed by atoms with Crippen LogP contribution in [0.5, 0.6) is 11.5 Å². The van der Waals surface area contributed by atoms with Gasteiger partial charge in [-0.25, -0.2) is 9.97 Å². The number of aryl methyl sites for hydroxylation is 2. The van der Waals surface area contributed by atoms with Gasteiger partial charge in [0.25, 0.3) is 5.91 Å². The molecule has 0 atom stereocenters. The van der Waals surface area contributed by atoms with Crippen molar-refractivity contribution in [2.75, 3.05) is 17.4 Å². The molecule has 0 fully saturated rings. The zero-order chi connectivity index (χ0) is 18.8. The van der Waals surface area contributed by atoms with E-state index in [9.17, 15) is 4.79 Å². The molecule has 0 aliphatic carbocycles. The average molecular weight is 362 g/mol. The summed E-state index contributed by atoms with van der Waals surface area (Å²) >= 11 is 0. The first-order valence-electron chi connectivity index (χ1n) is 8.46. The molecule has 2 N–H and O–H groups in total. The van der Waals surface area contributed by atoms with Crippen molar-refractivity contribution in [1.29, 1.82) is 0 Å². The maximum atomic E-state index is 12.4. The lowest BCUT2D eigenvalue weighted by atomic mass is 10.1. The van der Waals surface area contributed by atoms with E-state index >= 15 is 0 Å². The molecule has 1 aliphatic rings. The van der Waals surface area contributed by atoms with E-state index in [0.717, 1.165) is 16.8 Å². The van der Waals surface area contributed by atoms with Crippen LogP contribution in [0.4, 0.5) is 17.2 Å². The molecule has 1 aromatic heterocycles. The van der Waals surface area contributed by atoms with Crippen molar-refractivity contribution in [3.8, 4) is 11.5 Å². The minimum Gasteiger partial charge on any atom is -0.454 e. The van der Waals surface area contributed by atoms with Crippen LogP contribution in [-0.4, -0.2) is 22.7 Å². The number of carbonyl (C=O) groups excluding carboxylic acids is 1. The van der Waals surface area contributed by atoms with E-state index in [1.165, 1.54) is 12.4 Å². The number of anilines is 3. The number of nitrogens with zero attached hydrogens (tertiary/aromatic N) is 2. The molecule has 7 nitrogen and oxygen atoms in total. The fraction of sp³-hybridized carbons (Fsp3) is 0.150. The van der Waals surface area contributed by atoms with Gasteiger partial charge in [0.05, 0.1) is 12.4 Å². The summed E-state index contributed by atoms with van der Waals surface area (Å²) in [5.41, 5.74) is 4.03. The molecule has 2 aromatic carbocycles. The van der Waals surface area contributed by atoms with Crippen LogP contribution in [0.2, 0.25) is 0 Å². The number of ether oxygens (including phenoxy) is 2. The summed E-state index contributed by atoms with van der Waals surface area (Å²) in [5.74, 6) is 1.49. The Morgan fingerprint density at radius 1 is 1.00 bits per heavy atom. The van der Waals surface area contributed by atoms with Crippen LogP contribution in [0.15, 0.2) is 48.8 Å². The number of benzene rings is 2. The molecule has 1 amide bonds. The Balaban J connectivity index is 1.45. The van der Waals surface area contributed by atoms with Crippen LogP contribution in [0.25, 0.3) is 0 Å². The lowest BCUT2D eigenvalue weighted by Crippen LogP contribution is -2.14. The molecule has 1 aliphatic heterocycles. The van der Waals surface area contributed by atoms with Gasteiger partial charge >= 0.3 is 0 Å². The average Bonchev–Trinajstić information content (AvgIpc) is 3.13. The van der Waals surface area contributed by atoms with E-state index in [2.05, 4.69) is 26.7 Å². The molecule has 0 spiro atoms.